The van der Waals surface area contributed by atoms with Crippen molar-refractivity contribution < 1.29 is 14.6 Å². The van der Waals surface area contributed by atoms with Crippen LogP contribution in [0.5, 0.6) is 0 Å². The summed E-state index contributed by atoms with van der Waals surface area (Å²) < 4.78 is 5.65. The SMILES string of the molecule is CCN1CC2(CCN(Cc3ccccc3)CC2)OC1=O.N#CC1(O)CCN(Cc2ccccc2)CC1. The molecule has 0 bridgehead atoms. The summed E-state index contributed by atoms with van der Waals surface area (Å²) in [5.41, 5.74) is 1.32. The van der Waals surface area contributed by atoms with E-state index in [4.69, 9.17) is 10.00 Å². The number of aliphatic hydroxyl groups is 1. The van der Waals surface area contributed by atoms with Gasteiger partial charge in [-0.05, 0) is 18.1 Å². The number of likely N-dealkylation sites (N-methyl/N-ethyl adjacent to an activating group) is 1. The summed E-state index contributed by atoms with van der Waals surface area (Å²) in [7, 11) is 0. The molecule has 1 N–H and O–H groups in total. The first-order valence-electron chi connectivity index (χ1n) is 13.1. The van der Waals surface area contributed by atoms with Crippen molar-refractivity contribution in [2.24, 2.45) is 0 Å². The van der Waals surface area contributed by atoms with Crippen LogP contribution in [0.2, 0.25) is 0 Å². The first-order valence-corrected chi connectivity index (χ1v) is 13.1. The highest BCUT2D eigenvalue weighted by atomic mass is 16.6. The van der Waals surface area contributed by atoms with Gasteiger partial charge in [-0.3, -0.25) is 9.80 Å². The molecule has 0 unspecified atom stereocenters. The molecule has 2 aromatic rings. The number of ether oxygens (including phenoxy) is 1. The van der Waals surface area contributed by atoms with Crippen LogP contribution in [0.15, 0.2) is 60.7 Å². The lowest BCUT2D eigenvalue weighted by molar-refractivity contribution is -0.00123. The fraction of sp³-hybridized carbons (Fsp3) is 0.517. The zero-order valence-corrected chi connectivity index (χ0v) is 21.3. The molecule has 1 spiro atoms. The van der Waals surface area contributed by atoms with Crippen LogP contribution < -0.4 is 0 Å². The van der Waals surface area contributed by atoms with E-state index in [-0.39, 0.29) is 11.7 Å². The van der Waals surface area contributed by atoms with Crippen molar-refractivity contribution in [1.29, 1.82) is 5.26 Å². The summed E-state index contributed by atoms with van der Waals surface area (Å²) in [4.78, 5) is 18.3. The van der Waals surface area contributed by atoms with Gasteiger partial charge in [-0.25, -0.2) is 4.79 Å². The van der Waals surface area contributed by atoms with Crippen molar-refractivity contribution in [3.05, 3.63) is 71.8 Å². The minimum atomic E-state index is -1.09. The Kier molecular flexibility index (Phi) is 8.63. The maximum atomic E-state index is 11.7. The van der Waals surface area contributed by atoms with Gasteiger partial charge >= 0.3 is 6.09 Å². The summed E-state index contributed by atoms with van der Waals surface area (Å²) >= 11 is 0. The summed E-state index contributed by atoms with van der Waals surface area (Å²) in [6, 6.07) is 22.8. The smallest absolute Gasteiger partial charge is 0.410 e. The van der Waals surface area contributed by atoms with Gasteiger partial charge in [0, 0.05) is 71.5 Å². The molecule has 7 heteroatoms. The molecule has 3 aliphatic rings. The largest absolute Gasteiger partial charge is 0.441 e. The summed E-state index contributed by atoms with van der Waals surface area (Å²) in [5.74, 6) is 0. The molecular weight excluding hydrogens is 452 g/mol. The first kappa shape index (κ1) is 26.2. The van der Waals surface area contributed by atoms with Gasteiger partial charge in [-0.2, -0.15) is 5.26 Å². The van der Waals surface area contributed by atoms with Gasteiger partial charge in [0.15, 0.2) is 5.60 Å². The Balaban J connectivity index is 0.000000174. The molecule has 0 saturated carbocycles. The number of carbonyl (C=O) groups excluding carboxylic acids is 1. The van der Waals surface area contributed by atoms with Crippen molar-refractivity contribution >= 4 is 6.09 Å². The van der Waals surface area contributed by atoms with E-state index < -0.39 is 5.60 Å². The van der Waals surface area contributed by atoms with Crippen LogP contribution >= 0.6 is 0 Å². The highest BCUT2D eigenvalue weighted by Crippen LogP contribution is 2.33. The fourth-order valence-electron chi connectivity index (χ4n) is 5.19. The molecule has 3 fully saturated rings. The maximum Gasteiger partial charge on any atom is 0.410 e. The Morgan fingerprint density at radius 2 is 1.33 bits per heavy atom. The normalized spacial score (nSPS) is 21.4. The zero-order valence-electron chi connectivity index (χ0n) is 21.3. The van der Waals surface area contributed by atoms with E-state index in [9.17, 15) is 9.90 Å². The van der Waals surface area contributed by atoms with Crippen LogP contribution in [0.3, 0.4) is 0 Å². The van der Waals surface area contributed by atoms with Crippen molar-refractivity contribution in [3.8, 4) is 6.07 Å². The van der Waals surface area contributed by atoms with Gasteiger partial charge in [0.25, 0.3) is 0 Å². The lowest BCUT2D eigenvalue weighted by Gasteiger charge is -2.37. The van der Waals surface area contributed by atoms with E-state index in [2.05, 4.69) is 46.2 Å². The quantitative estimate of drug-likeness (QED) is 0.638. The number of benzene rings is 2. The lowest BCUT2D eigenvalue weighted by atomic mass is 9.91. The Morgan fingerprint density at radius 1 is 0.861 bits per heavy atom. The number of nitriles is 1. The predicted molar refractivity (Wildman–Crippen MR) is 139 cm³/mol. The van der Waals surface area contributed by atoms with E-state index in [1.54, 1.807) is 0 Å². The number of hydrogen-bond donors (Lipinski definition) is 1. The maximum absolute atomic E-state index is 11.7. The molecular formula is C29H38N4O3. The van der Waals surface area contributed by atoms with Crippen LogP contribution in [0, 0.1) is 11.3 Å². The Morgan fingerprint density at radius 3 is 1.75 bits per heavy atom. The summed E-state index contributed by atoms with van der Waals surface area (Å²) in [6.07, 6.45) is 2.86. The van der Waals surface area contributed by atoms with Crippen molar-refractivity contribution in [3.63, 3.8) is 0 Å². The predicted octanol–water partition coefficient (Wildman–Crippen LogP) is 4.03. The van der Waals surface area contributed by atoms with Gasteiger partial charge in [-0.1, -0.05) is 60.7 Å². The van der Waals surface area contributed by atoms with Crippen LogP contribution in [0.4, 0.5) is 4.79 Å². The highest BCUT2D eigenvalue weighted by molar-refractivity contribution is 5.70. The van der Waals surface area contributed by atoms with Crippen molar-refractivity contribution in [2.45, 2.75) is 56.9 Å². The Hall–Kier alpha value is -2.92. The molecule has 3 aliphatic heterocycles. The molecule has 0 aliphatic carbocycles. The molecule has 3 saturated heterocycles. The molecule has 2 aromatic carbocycles. The van der Waals surface area contributed by atoms with E-state index in [0.717, 1.165) is 65.2 Å². The van der Waals surface area contributed by atoms with E-state index in [1.807, 2.05) is 42.2 Å². The molecule has 192 valence electrons. The van der Waals surface area contributed by atoms with Crippen LogP contribution in [-0.2, 0) is 17.8 Å². The second-order valence-corrected chi connectivity index (χ2v) is 10.2. The summed E-state index contributed by atoms with van der Waals surface area (Å²) in [6.45, 7) is 8.99. The number of piperidine rings is 2. The fourth-order valence-corrected chi connectivity index (χ4v) is 5.19. The highest BCUT2D eigenvalue weighted by Gasteiger charge is 2.46. The monoisotopic (exact) mass is 490 g/mol. The average molecular weight is 491 g/mol. The van der Waals surface area contributed by atoms with Crippen LogP contribution in [0.1, 0.15) is 43.7 Å². The van der Waals surface area contributed by atoms with Gasteiger partial charge < -0.3 is 14.7 Å². The number of carbonyl (C=O) groups is 1. The first-order chi connectivity index (χ1) is 17.4. The molecule has 0 radical (unpaired) electrons. The molecule has 7 nitrogen and oxygen atoms in total. The number of likely N-dealkylation sites (tertiary alicyclic amines) is 2. The van der Waals surface area contributed by atoms with Crippen LogP contribution in [-0.4, -0.2) is 76.4 Å². The third kappa shape index (κ3) is 6.85. The van der Waals surface area contributed by atoms with Gasteiger partial charge in [-0.15, -0.1) is 0 Å². The zero-order chi connectivity index (χ0) is 25.4. The summed E-state index contributed by atoms with van der Waals surface area (Å²) in [5, 5.41) is 18.6. The molecule has 36 heavy (non-hydrogen) atoms. The van der Waals surface area contributed by atoms with Crippen molar-refractivity contribution in [2.75, 3.05) is 39.3 Å². The minimum absolute atomic E-state index is 0.135. The van der Waals surface area contributed by atoms with Gasteiger partial charge in [0.2, 0.25) is 0 Å². The Labute approximate surface area is 214 Å². The third-order valence-electron chi connectivity index (χ3n) is 7.58. The topological polar surface area (TPSA) is 80.0 Å². The standard InChI is InChI=1S/C16H22N2O2.C13H16N2O/c1-2-18-13-16(20-15(18)19)8-10-17(11-9-16)12-14-6-4-3-5-7-14;14-11-13(16)6-8-15(9-7-13)10-12-4-2-1-3-5-12/h3-7H,2,8-13H2,1H3;1-5,16H,6-10H2. The number of rotatable bonds is 5. The lowest BCUT2D eigenvalue weighted by Crippen LogP contribution is -2.46. The Bertz CT molecular complexity index is 1010. The van der Waals surface area contributed by atoms with Gasteiger partial charge in [0.05, 0.1) is 12.6 Å². The van der Waals surface area contributed by atoms with Crippen LogP contribution in [0.25, 0.3) is 0 Å². The average Bonchev–Trinajstić information content (AvgIpc) is 3.23. The van der Waals surface area contributed by atoms with Gasteiger partial charge in [0.1, 0.15) is 5.60 Å². The molecule has 1 amide bonds. The molecule has 0 aromatic heterocycles. The molecule has 3 heterocycles. The number of nitrogens with zero attached hydrogens (tertiary/aromatic N) is 4. The van der Waals surface area contributed by atoms with E-state index in [1.165, 1.54) is 11.1 Å². The number of amides is 1. The number of hydrogen-bond acceptors (Lipinski definition) is 6. The molecule has 5 rings (SSSR count). The second kappa shape index (κ2) is 11.9. The molecule has 0 atom stereocenters. The third-order valence-corrected chi connectivity index (χ3v) is 7.58. The van der Waals surface area contributed by atoms with E-state index >= 15 is 0 Å². The minimum Gasteiger partial charge on any atom is -0.441 e. The van der Waals surface area contributed by atoms with E-state index in [0.29, 0.717) is 12.8 Å². The van der Waals surface area contributed by atoms with Crippen molar-refractivity contribution in [1.82, 2.24) is 14.7 Å². The second-order valence-electron chi connectivity index (χ2n) is 10.2.